The van der Waals surface area contributed by atoms with E-state index < -0.39 is 0 Å². The average Bonchev–Trinajstić information content (AvgIpc) is 2.21. The molecule has 0 fully saturated rings. The van der Waals surface area contributed by atoms with Crippen LogP contribution >= 0.6 is 0 Å². The number of aliphatic hydroxyl groups is 1. The Bertz CT molecular complexity index is 101. The largest absolute Gasteiger partial charge is 0.395 e. The quantitative estimate of drug-likeness (QED) is 0.467. The zero-order chi connectivity index (χ0) is 10.6. The van der Waals surface area contributed by atoms with Gasteiger partial charge in [-0.1, -0.05) is 26.2 Å². The minimum atomic E-state index is 0.236. The van der Waals surface area contributed by atoms with Gasteiger partial charge in [-0.05, 0) is 25.8 Å². The highest BCUT2D eigenvalue weighted by molar-refractivity contribution is 4.66. The summed E-state index contributed by atoms with van der Waals surface area (Å²) < 4.78 is 0. The van der Waals surface area contributed by atoms with Crippen LogP contribution in [0.1, 0.15) is 45.4 Å². The first-order valence-electron chi connectivity index (χ1n) is 5.89. The van der Waals surface area contributed by atoms with E-state index in [4.69, 9.17) is 10.8 Å². The lowest BCUT2D eigenvalue weighted by Crippen LogP contribution is -2.31. The van der Waals surface area contributed by atoms with Gasteiger partial charge in [-0.3, -0.25) is 0 Å². The minimum absolute atomic E-state index is 0.236. The van der Waals surface area contributed by atoms with Crippen LogP contribution in [-0.4, -0.2) is 30.8 Å². The third-order valence-electron chi connectivity index (χ3n) is 2.46. The second-order valence-corrected chi connectivity index (χ2v) is 3.80. The van der Waals surface area contributed by atoms with Gasteiger partial charge < -0.3 is 16.2 Å². The van der Waals surface area contributed by atoms with Crippen LogP contribution in [0.25, 0.3) is 0 Å². The summed E-state index contributed by atoms with van der Waals surface area (Å²) in [5, 5.41) is 12.1. The van der Waals surface area contributed by atoms with Crippen LogP contribution in [0, 0.1) is 0 Å². The van der Waals surface area contributed by atoms with E-state index in [9.17, 15) is 0 Å². The van der Waals surface area contributed by atoms with Crippen molar-refractivity contribution in [3.8, 4) is 0 Å². The molecule has 3 heteroatoms. The lowest BCUT2D eigenvalue weighted by Gasteiger charge is -2.17. The third kappa shape index (κ3) is 8.48. The van der Waals surface area contributed by atoms with Crippen molar-refractivity contribution in [1.29, 1.82) is 0 Å². The van der Waals surface area contributed by atoms with Crippen molar-refractivity contribution in [2.45, 2.75) is 51.5 Å². The van der Waals surface area contributed by atoms with Crippen molar-refractivity contribution in [3.63, 3.8) is 0 Å². The molecule has 0 aromatic rings. The van der Waals surface area contributed by atoms with E-state index in [-0.39, 0.29) is 6.61 Å². The molecule has 4 N–H and O–H groups in total. The van der Waals surface area contributed by atoms with Crippen molar-refractivity contribution in [2.24, 2.45) is 5.73 Å². The normalized spacial score (nSPS) is 13.1. The Hall–Kier alpha value is -0.120. The zero-order valence-corrected chi connectivity index (χ0v) is 9.47. The van der Waals surface area contributed by atoms with Crippen molar-refractivity contribution in [2.75, 3.05) is 19.7 Å². The van der Waals surface area contributed by atoms with Crippen LogP contribution in [0.5, 0.6) is 0 Å². The fraction of sp³-hybridized carbons (Fsp3) is 1.00. The number of hydrogen-bond donors (Lipinski definition) is 3. The molecule has 0 aliphatic rings. The van der Waals surface area contributed by atoms with E-state index >= 15 is 0 Å². The highest BCUT2D eigenvalue weighted by Gasteiger charge is 2.05. The molecule has 0 heterocycles. The molecule has 0 amide bonds. The van der Waals surface area contributed by atoms with E-state index in [0.29, 0.717) is 6.04 Å². The maximum absolute atomic E-state index is 8.73. The standard InChI is InChI=1S/C11H26N2O/c1-2-3-6-11(13-9-10-14)7-4-5-8-12/h11,13-14H,2-10,12H2,1H3. The van der Waals surface area contributed by atoms with Crippen LogP contribution in [0.4, 0.5) is 0 Å². The smallest absolute Gasteiger partial charge is 0.0556 e. The van der Waals surface area contributed by atoms with Gasteiger partial charge in [-0.2, -0.15) is 0 Å². The Balaban J connectivity index is 3.49. The Labute approximate surface area is 88.1 Å². The summed E-state index contributed by atoms with van der Waals surface area (Å²) in [5.41, 5.74) is 5.45. The Morgan fingerprint density at radius 1 is 1.21 bits per heavy atom. The lowest BCUT2D eigenvalue weighted by molar-refractivity contribution is 0.278. The summed E-state index contributed by atoms with van der Waals surface area (Å²) >= 11 is 0. The SMILES string of the molecule is CCCCC(CCCCN)NCCO. The number of nitrogens with one attached hydrogen (secondary N) is 1. The molecule has 1 unspecified atom stereocenters. The van der Waals surface area contributed by atoms with E-state index in [0.717, 1.165) is 19.5 Å². The Morgan fingerprint density at radius 3 is 2.50 bits per heavy atom. The molecule has 0 spiro atoms. The van der Waals surface area contributed by atoms with Crippen LogP contribution in [0.15, 0.2) is 0 Å². The molecule has 0 aromatic heterocycles. The predicted octanol–water partition coefficient (Wildman–Crippen LogP) is 1.26. The van der Waals surface area contributed by atoms with Gasteiger partial charge in [0, 0.05) is 12.6 Å². The molecule has 0 rings (SSSR count). The molecule has 1 atom stereocenters. The van der Waals surface area contributed by atoms with Crippen LogP contribution < -0.4 is 11.1 Å². The zero-order valence-electron chi connectivity index (χ0n) is 9.47. The predicted molar refractivity (Wildman–Crippen MR) is 61.3 cm³/mol. The first kappa shape index (κ1) is 13.9. The number of nitrogens with two attached hydrogens (primary N) is 1. The molecular weight excluding hydrogens is 176 g/mol. The highest BCUT2D eigenvalue weighted by Crippen LogP contribution is 2.08. The lowest BCUT2D eigenvalue weighted by atomic mass is 10.0. The van der Waals surface area contributed by atoms with Crippen molar-refractivity contribution >= 4 is 0 Å². The number of aliphatic hydroxyl groups excluding tert-OH is 1. The molecule has 3 nitrogen and oxygen atoms in total. The molecule has 0 saturated carbocycles. The van der Waals surface area contributed by atoms with Gasteiger partial charge in [0.05, 0.1) is 6.61 Å². The summed E-state index contributed by atoms with van der Waals surface area (Å²) in [6.45, 7) is 3.96. The fourth-order valence-electron chi connectivity index (χ4n) is 1.60. The van der Waals surface area contributed by atoms with Crippen LogP contribution in [-0.2, 0) is 0 Å². The monoisotopic (exact) mass is 202 g/mol. The second kappa shape index (κ2) is 11.0. The van der Waals surface area contributed by atoms with E-state index in [1.165, 1.54) is 32.1 Å². The average molecular weight is 202 g/mol. The van der Waals surface area contributed by atoms with Crippen LogP contribution in [0.2, 0.25) is 0 Å². The molecular formula is C11H26N2O. The highest BCUT2D eigenvalue weighted by atomic mass is 16.3. The molecule has 14 heavy (non-hydrogen) atoms. The van der Waals surface area contributed by atoms with E-state index in [2.05, 4.69) is 12.2 Å². The minimum Gasteiger partial charge on any atom is -0.395 e. The maximum Gasteiger partial charge on any atom is 0.0556 e. The van der Waals surface area contributed by atoms with Crippen molar-refractivity contribution < 1.29 is 5.11 Å². The Morgan fingerprint density at radius 2 is 1.93 bits per heavy atom. The number of rotatable bonds is 10. The molecule has 86 valence electrons. The van der Waals surface area contributed by atoms with E-state index in [1.54, 1.807) is 0 Å². The maximum atomic E-state index is 8.73. The van der Waals surface area contributed by atoms with Gasteiger partial charge in [0.1, 0.15) is 0 Å². The van der Waals surface area contributed by atoms with Crippen molar-refractivity contribution in [3.05, 3.63) is 0 Å². The summed E-state index contributed by atoms with van der Waals surface area (Å²) in [6, 6.07) is 0.577. The summed E-state index contributed by atoms with van der Waals surface area (Å²) in [7, 11) is 0. The Kier molecular flexibility index (Phi) is 10.9. The van der Waals surface area contributed by atoms with Gasteiger partial charge >= 0.3 is 0 Å². The topological polar surface area (TPSA) is 58.3 Å². The molecule has 0 aromatic carbocycles. The summed E-state index contributed by atoms with van der Waals surface area (Å²) in [6.07, 6.45) is 7.24. The molecule has 0 radical (unpaired) electrons. The molecule has 0 aliphatic carbocycles. The molecule has 0 saturated heterocycles. The first-order valence-corrected chi connectivity index (χ1v) is 5.89. The van der Waals surface area contributed by atoms with Gasteiger partial charge in [0.25, 0.3) is 0 Å². The fourth-order valence-corrected chi connectivity index (χ4v) is 1.60. The number of unbranched alkanes of at least 4 members (excludes halogenated alkanes) is 2. The molecule has 0 bridgehead atoms. The first-order chi connectivity index (χ1) is 6.85. The molecule has 0 aliphatic heterocycles. The van der Waals surface area contributed by atoms with Crippen LogP contribution in [0.3, 0.4) is 0 Å². The van der Waals surface area contributed by atoms with Gasteiger partial charge in [-0.25, -0.2) is 0 Å². The van der Waals surface area contributed by atoms with Crippen molar-refractivity contribution in [1.82, 2.24) is 5.32 Å². The summed E-state index contributed by atoms with van der Waals surface area (Å²) in [4.78, 5) is 0. The van der Waals surface area contributed by atoms with Gasteiger partial charge in [0.15, 0.2) is 0 Å². The second-order valence-electron chi connectivity index (χ2n) is 3.80. The third-order valence-corrected chi connectivity index (χ3v) is 2.46. The van der Waals surface area contributed by atoms with E-state index in [1.807, 2.05) is 0 Å². The number of hydrogen-bond acceptors (Lipinski definition) is 3. The van der Waals surface area contributed by atoms with Gasteiger partial charge in [-0.15, -0.1) is 0 Å². The summed E-state index contributed by atoms with van der Waals surface area (Å²) in [5.74, 6) is 0. The van der Waals surface area contributed by atoms with Gasteiger partial charge in [0.2, 0.25) is 0 Å².